The predicted octanol–water partition coefficient (Wildman–Crippen LogP) is 0.181. The van der Waals surface area contributed by atoms with E-state index in [0.29, 0.717) is 11.7 Å². The molecule has 0 atom stereocenters. The van der Waals surface area contributed by atoms with Crippen molar-refractivity contribution in [2.45, 2.75) is 38.4 Å². The van der Waals surface area contributed by atoms with Crippen molar-refractivity contribution in [2.75, 3.05) is 38.6 Å². The second kappa shape index (κ2) is 9.02. The summed E-state index contributed by atoms with van der Waals surface area (Å²) < 4.78 is 7.14. The molecule has 8 nitrogen and oxygen atoms in total. The van der Waals surface area contributed by atoms with Crippen molar-refractivity contribution < 1.29 is 14.4 Å². The van der Waals surface area contributed by atoms with Gasteiger partial charge in [-0.1, -0.05) is 30.0 Å². The van der Waals surface area contributed by atoms with Gasteiger partial charge in [0.15, 0.2) is 0 Å². The second-order valence-electron chi connectivity index (χ2n) is 7.78. The minimum atomic E-state index is -0.0239. The van der Waals surface area contributed by atoms with Crippen molar-refractivity contribution in [3.63, 3.8) is 0 Å². The van der Waals surface area contributed by atoms with Crippen LogP contribution in [0.5, 0.6) is 0 Å². The minimum Gasteiger partial charge on any atom is -0.370 e. The number of carbonyl (C=O) groups excluding carboxylic acids is 1. The third-order valence-electron chi connectivity index (χ3n) is 5.21. The number of aryl methyl sites for hydroxylation is 2. The van der Waals surface area contributed by atoms with Crippen LogP contribution < -0.4 is 10.2 Å². The Hall–Kier alpha value is -1.97. The molecule has 1 aliphatic heterocycles. The molecule has 152 valence electrons. The average Bonchev–Trinajstić information content (AvgIpc) is 3.13. The van der Waals surface area contributed by atoms with Gasteiger partial charge in [-0.3, -0.25) is 4.79 Å². The van der Waals surface area contributed by atoms with E-state index in [-0.39, 0.29) is 17.2 Å². The summed E-state index contributed by atoms with van der Waals surface area (Å²) in [5.41, 5.74) is 3.12. The monoisotopic (exact) mass is 405 g/mol. The largest absolute Gasteiger partial charge is 0.370 e. The lowest BCUT2D eigenvalue weighted by Crippen LogP contribution is -3.22. The number of rotatable bonds is 7. The smallest absolute Gasteiger partial charge is 0.230 e. The first-order valence-electron chi connectivity index (χ1n) is 9.56. The quantitative estimate of drug-likeness (QED) is 0.639. The zero-order valence-electron chi connectivity index (χ0n) is 17.0. The highest BCUT2D eigenvalue weighted by atomic mass is 32.2. The molecule has 1 saturated heterocycles. The molecular weight excluding hydrogens is 376 g/mol. The number of benzene rings is 1. The molecule has 1 aliphatic rings. The molecule has 0 bridgehead atoms. The SMILES string of the molecule is Cc1cccc(C)c1-n1nnnc1SCC(=O)NCC(C)(C)[NH+]1CCOCC1. The first-order chi connectivity index (χ1) is 13.4. The summed E-state index contributed by atoms with van der Waals surface area (Å²) in [5, 5.41) is 15.7. The molecule has 28 heavy (non-hydrogen) atoms. The maximum atomic E-state index is 12.4. The molecule has 0 radical (unpaired) electrons. The number of amides is 1. The predicted molar refractivity (Wildman–Crippen MR) is 108 cm³/mol. The number of thioether (sulfide) groups is 1. The number of tetrazole rings is 1. The van der Waals surface area contributed by atoms with E-state index < -0.39 is 0 Å². The summed E-state index contributed by atoms with van der Waals surface area (Å²) in [6.45, 7) is 12.6. The number of aromatic nitrogens is 4. The molecule has 9 heteroatoms. The third kappa shape index (κ3) is 4.89. The van der Waals surface area contributed by atoms with E-state index >= 15 is 0 Å². The topological polar surface area (TPSA) is 86.4 Å². The van der Waals surface area contributed by atoms with Crippen molar-refractivity contribution >= 4 is 17.7 Å². The third-order valence-corrected chi connectivity index (χ3v) is 6.12. The lowest BCUT2D eigenvalue weighted by Gasteiger charge is -2.37. The summed E-state index contributed by atoms with van der Waals surface area (Å²) in [4.78, 5) is 13.9. The maximum absolute atomic E-state index is 12.4. The van der Waals surface area contributed by atoms with Crippen LogP contribution in [0.2, 0.25) is 0 Å². The number of nitrogens with one attached hydrogen (secondary N) is 2. The second-order valence-corrected chi connectivity index (χ2v) is 8.72. The van der Waals surface area contributed by atoms with E-state index in [2.05, 4.69) is 34.7 Å². The molecule has 3 rings (SSSR count). The number of para-hydroxylation sites is 1. The van der Waals surface area contributed by atoms with Gasteiger partial charge in [0.2, 0.25) is 11.1 Å². The van der Waals surface area contributed by atoms with Crippen molar-refractivity contribution in [3.8, 4) is 5.69 Å². The molecule has 1 aromatic carbocycles. The Labute approximate surface area is 170 Å². The first-order valence-corrected chi connectivity index (χ1v) is 10.5. The van der Waals surface area contributed by atoms with Crippen molar-refractivity contribution in [1.29, 1.82) is 0 Å². The molecular formula is C19H29N6O2S+. The summed E-state index contributed by atoms with van der Waals surface area (Å²) in [6, 6.07) is 6.07. The number of morpholine rings is 1. The fourth-order valence-corrected chi connectivity index (χ4v) is 4.18. The average molecular weight is 406 g/mol. The molecule has 0 unspecified atom stereocenters. The Morgan fingerprint density at radius 1 is 1.29 bits per heavy atom. The van der Waals surface area contributed by atoms with E-state index in [0.717, 1.165) is 43.1 Å². The fourth-order valence-electron chi connectivity index (χ4n) is 3.47. The Kier molecular flexibility index (Phi) is 6.69. The zero-order valence-corrected chi connectivity index (χ0v) is 17.8. The molecule has 1 aromatic heterocycles. The van der Waals surface area contributed by atoms with Crippen LogP contribution in [-0.2, 0) is 9.53 Å². The van der Waals surface area contributed by atoms with Gasteiger partial charge < -0.3 is 15.0 Å². The fraction of sp³-hybridized carbons (Fsp3) is 0.579. The van der Waals surface area contributed by atoms with Gasteiger partial charge in [0.05, 0.1) is 31.2 Å². The van der Waals surface area contributed by atoms with E-state index in [9.17, 15) is 4.79 Å². The highest BCUT2D eigenvalue weighted by molar-refractivity contribution is 7.99. The van der Waals surface area contributed by atoms with Crippen molar-refractivity contribution in [3.05, 3.63) is 29.3 Å². The molecule has 0 saturated carbocycles. The van der Waals surface area contributed by atoms with Crippen LogP contribution >= 0.6 is 11.8 Å². The highest BCUT2D eigenvalue weighted by Crippen LogP contribution is 2.23. The van der Waals surface area contributed by atoms with Gasteiger partial charge in [0.1, 0.15) is 18.6 Å². The van der Waals surface area contributed by atoms with Crippen LogP contribution in [0.25, 0.3) is 5.69 Å². The van der Waals surface area contributed by atoms with Gasteiger partial charge in [-0.25, -0.2) is 0 Å². The Morgan fingerprint density at radius 3 is 2.64 bits per heavy atom. The normalized spacial score (nSPS) is 15.6. The van der Waals surface area contributed by atoms with Gasteiger partial charge in [0, 0.05) is 0 Å². The molecule has 1 amide bonds. The molecule has 0 spiro atoms. The van der Waals surface area contributed by atoms with Crippen LogP contribution in [-0.4, -0.2) is 70.3 Å². The number of ether oxygens (including phenoxy) is 1. The van der Waals surface area contributed by atoms with Gasteiger partial charge in [0.25, 0.3) is 0 Å². The number of nitrogens with zero attached hydrogens (tertiary/aromatic N) is 4. The summed E-state index contributed by atoms with van der Waals surface area (Å²) in [7, 11) is 0. The maximum Gasteiger partial charge on any atom is 0.230 e. The van der Waals surface area contributed by atoms with Gasteiger partial charge in [-0.05, 0) is 49.2 Å². The first kappa shape index (κ1) is 20.8. The Morgan fingerprint density at radius 2 is 1.96 bits per heavy atom. The van der Waals surface area contributed by atoms with E-state index in [1.165, 1.54) is 16.7 Å². The standard InChI is InChI=1S/C19H28N6O2S/c1-14-6-5-7-15(2)17(14)25-18(21-22-23-25)28-12-16(26)20-13-19(3,4)24-8-10-27-11-9-24/h5-7H,8-13H2,1-4H3,(H,20,26)/p+1. The summed E-state index contributed by atoms with van der Waals surface area (Å²) >= 11 is 1.35. The zero-order chi connectivity index (χ0) is 20.1. The van der Waals surface area contributed by atoms with Crippen LogP contribution in [0.4, 0.5) is 0 Å². The number of hydrogen-bond acceptors (Lipinski definition) is 6. The lowest BCUT2D eigenvalue weighted by atomic mass is 10.0. The Bertz CT molecular complexity index is 796. The summed E-state index contributed by atoms with van der Waals surface area (Å²) in [5.74, 6) is 0.265. The van der Waals surface area contributed by atoms with Gasteiger partial charge in [-0.2, -0.15) is 4.68 Å². The number of carbonyl (C=O) groups is 1. The number of quaternary nitrogens is 1. The van der Waals surface area contributed by atoms with Crippen LogP contribution in [0, 0.1) is 13.8 Å². The molecule has 2 N–H and O–H groups in total. The van der Waals surface area contributed by atoms with Gasteiger partial charge in [-0.15, -0.1) is 5.10 Å². The molecule has 2 heterocycles. The van der Waals surface area contributed by atoms with Crippen LogP contribution in [0.3, 0.4) is 0 Å². The van der Waals surface area contributed by atoms with Crippen LogP contribution in [0.15, 0.2) is 23.4 Å². The molecule has 1 fully saturated rings. The minimum absolute atomic E-state index is 0.0122. The van der Waals surface area contributed by atoms with E-state index in [1.54, 1.807) is 4.68 Å². The molecule has 0 aliphatic carbocycles. The Balaban J connectivity index is 1.56. The van der Waals surface area contributed by atoms with Gasteiger partial charge >= 0.3 is 0 Å². The highest BCUT2D eigenvalue weighted by Gasteiger charge is 2.32. The molecule has 2 aromatic rings. The van der Waals surface area contributed by atoms with Crippen molar-refractivity contribution in [1.82, 2.24) is 25.5 Å². The van der Waals surface area contributed by atoms with Crippen molar-refractivity contribution in [2.24, 2.45) is 0 Å². The summed E-state index contributed by atoms with van der Waals surface area (Å²) in [6.07, 6.45) is 0. The van der Waals surface area contributed by atoms with Crippen LogP contribution in [0.1, 0.15) is 25.0 Å². The number of hydrogen-bond donors (Lipinski definition) is 2. The van der Waals surface area contributed by atoms with E-state index in [1.807, 2.05) is 32.0 Å². The lowest BCUT2D eigenvalue weighted by molar-refractivity contribution is -0.954. The van der Waals surface area contributed by atoms with E-state index in [4.69, 9.17) is 4.74 Å².